The molecule has 2 rings (SSSR count). The van der Waals surface area contributed by atoms with E-state index >= 15 is 0 Å². The summed E-state index contributed by atoms with van der Waals surface area (Å²) in [5, 5.41) is 5.10. The van der Waals surface area contributed by atoms with Crippen LogP contribution in [-0.4, -0.2) is 32.9 Å². The molecular formula is C12H16N2O3S2. The quantitative estimate of drug-likeness (QED) is 0.898. The van der Waals surface area contributed by atoms with Crippen LogP contribution in [0.15, 0.2) is 23.1 Å². The number of benzene rings is 1. The van der Waals surface area contributed by atoms with E-state index in [4.69, 9.17) is 5.14 Å². The highest BCUT2D eigenvalue weighted by Gasteiger charge is 2.25. The van der Waals surface area contributed by atoms with Gasteiger partial charge in [0.25, 0.3) is 0 Å². The Bertz CT molecular complexity index is 599. The Kier molecular flexibility index (Phi) is 4.17. The van der Waals surface area contributed by atoms with Crippen molar-refractivity contribution in [2.24, 2.45) is 5.14 Å². The minimum Gasteiger partial charge on any atom is -0.312 e. The average molecular weight is 300 g/mol. The van der Waals surface area contributed by atoms with E-state index in [1.165, 1.54) is 6.07 Å². The molecule has 0 saturated heterocycles. The van der Waals surface area contributed by atoms with Crippen molar-refractivity contribution in [1.82, 2.24) is 0 Å². The minimum atomic E-state index is -3.68. The maximum atomic E-state index is 12.0. The summed E-state index contributed by atoms with van der Waals surface area (Å²) in [6, 6.07) is 4.68. The van der Waals surface area contributed by atoms with Crippen molar-refractivity contribution >= 4 is 33.4 Å². The Hall–Kier alpha value is -1.05. The molecule has 0 aliphatic carbocycles. The molecule has 0 spiro atoms. The van der Waals surface area contributed by atoms with Crippen LogP contribution >= 0.6 is 11.8 Å². The Morgan fingerprint density at radius 2 is 2.21 bits per heavy atom. The van der Waals surface area contributed by atoms with Gasteiger partial charge in [-0.15, -0.1) is 0 Å². The number of rotatable bonds is 4. The predicted octanol–water partition coefficient (Wildman–Crippen LogP) is 0.976. The summed E-state index contributed by atoms with van der Waals surface area (Å²) in [6.45, 7) is 0.608. The maximum Gasteiger partial charge on any atom is 0.238 e. The number of primary sulfonamides is 1. The lowest BCUT2D eigenvalue weighted by Gasteiger charge is -2.17. The number of thioether (sulfide) groups is 1. The largest absolute Gasteiger partial charge is 0.312 e. The maximum absolute atomic E-state index is 12.0. The van der Waals surface area contributed by atoms with Crippen molar-refractivity contribution in [3.63, 3.8) is 0 Å². The van der Waals surface area contributed by atoms with Crippen molar-refractivity contribution in [2.75, 3.05) is 23.5 Å². The van der Waals surface area contributed by atoms with Gasteiger partial charge in [-0.2, -0.15) is 11.8 Å². The summed E-state index contributed by atoms with van der Waals surface area (Å²) in [4.78, 5) is 13.8. The van der Waals surface area contributed by atoms with Gasteiger partial charge in [-0.05, 0) is 36.4 Å². The molecule has 1 heterocycles. The molecule has 0 fully saturated rings. The molecule has 1 aromatic carbocycles. The molecule has 0 radical (unpaired) electrons. The number of hydrogen-bond donors (Lipinski definition) is 1. The smallest absolute Gasteiger partial charge is 0.238 e. The van der Waals surface area contributed by atoms with E-state index in [1.807, 2.05) is 6.26 Å². The van der Waals surface area contributed by atoms with Crippen molar-refractivity contribution in [3.8, 4) is 0 Å². The van der Waals surface area contributed by atoms with Gasteiger partial charge in [0.2, 0.25) is 15.9 Å². The van der Waals surface area contributed by atoms with Gasteiger partial charge >= 0.3 is 0 Å². The summed E-state index contributed by atoms with van der Waals surface area (Å²) in [5.41, 5.74) is 1.67. The van der Waals surface area contributed by atoms with Gasteiger partial charge in [0.05, 0.1) is 4.90 Å². The van der Waals surface area contributed by atoms with Gasteiger partial charge < -0.3 is 4.90 Å². The van der Waals surface area contributed by atoms with E-state index in [0.29, 0.717) is 19.4 Å². The molecule has 0 unspecified atom stereocenters. The van der Waals surface area contributed by atoms with Crippen LogP contribution in [-0.2, 0) is 21.2 Å². The van der Waals surface area contributed by atoms with Gasteiger partial charge in [0.1, 0.15) is 0 Å². The van der Waals surface area contributed by atoms with Crippen LogP contribution in [0.4, 0.5) is 5.69 Å². The normalized spacial score (nSPS) is 14.5. The van der Waals surface area contributed by atoms with Crippen molar-refractivity contribution in [3.05, 3.63) is 23.8 Å². The van der Waals surface area contributed by atoms with E-state index in [1.54, 1.807) is 28.8 Å². The summed E-state index contributed by atoms with van der Waals surface area (Å²) in [7, 11) is -3.68. The molecule has 2 N–H and O–H groups in total. The highest BCUT2D eigenvalue weighted by Crippen LogP contribution is 2.30. The van der Waals surface area contributed by atoms with E-state index in [9.17, 15) is 13.2 Å². The number of hydrogen-bond acceptors (Lipinski definition) is 4. The third kappa shape index (κ3) is 3.10. The molecule has 1 aromatic rings. The predicted molar refractivity (Wildman–Crippen MR) is 76.9 cm³/mol. The van der Waals surface area contributed by atoms with Gasteiger partial charge in [0, 0.05) is 24.4 Å². The Balaban J connectivity index is 2.25. The molecule has 1 aliphatic rings. The highest BCUT2D eigenvalue weighted by molar-refractivity contribution is 7.98. The lowest BCUT2D eigenvalue weighted by Crippen LogP contribution is -2.29. The molecular weight excluding hydrogens is 284 g/mol. The van der Waals surface area contributed by atoms with Gasteiger partial charge in [0.15, 0.2) is 0 Å². The summed E-state index contributed by atoms with van der Waals surface area (Å²) >= 11 is 1.63. The summed E-state index contributed by atoms with van der Waals surface area (Å²) in [5.74, 6) is 0.872. The third-order valence-electron chi connectivity index (χ3n) is 3.10. The van der Waals surface area contributed by atoms with Crippen LogP contribution in [0.3, 0.4) is 0 Å². The van der Waals surface area contributed by atoms with Crippen LogP contribution in [0, 0.1) is 0 Å². The molecule has 0 aromatic heterocycles. The zero-order chi connectivity index (χ0) is 14.0. The number of fused-ring (bicyclic) bond motifs is 1. The first kappa shape index (κ1) is 14.4. The third-order valence-corrected chi connectivity index (χ3v) is 4.62. The zero-order valence-electron chi connectivity index (χ0n) is 10.6. The van der Waals surface area contributed by atoms with Crippen LogP contribution in [0.5, 0.6) is 0 Å². The number of nitrogens with zero attached hydrogens (tertiary/aromatic N) is 1. The molecule has 0 bridgehead atoms. The van der Waals surface area contributed by atoms with Crippen LogP contribution in [0.25, 0.3) is 0 Å². The van der Waals surface area contributed by atoms with E-state index in [-0.39, 0.29) is 10.8 Å². The Labute approximate surface area is 117 Å². The molecule has 19 heavy (non-hydrogen) atoms. The Morgan fingerprint density at radius 3 is 2.84 bits per heavy atom. The van der Waals surface area contributed by atoms with E-state index < -0.39 is 10.0 Å². The first-order chi connectivity index (χ1) is 8.93. The number of carbonyl (C=O) groups is 1. The van der Waals surface area contributed by atoms with Gasteiger partial charge in [-0.1, -0.05) is 0 Å². The van der Waals surface area contributed by atoms with E-state index in [0.717, 1.165) is 17.0 Å². The van der Waals surface area contributed by atoms with Crippen LogP contribution in [0.1, 0.15) is 12.0 Å². The zero-order valence-corrected chi connectivity index (χ0v) is 12.3. The standard InChI is InChI=1S/C12H16N2O3S2/c1-18-7-5-12(15)14-6-4-9-8-10(19(13,16)17)2-3-11(9)14/h2-3,8H,4-7H2,1H3,(H2,13,16,17). The minimum absolute atomic E-state index is 0.0801. The number of amides is 1. The summed E-state index contributed by atoms with van der Waals surface area (Å²) in [6.07, 6.45) is 3.13. The Morgan fingerprint density at radius 1 is 1.47 bits per heavy atom. The second kappa shape index (κ2) is 5.52. The van der Waals surface area contributed by atoms with Crippen molar-refractivity contribution in [2.45, 2.75) is 17.7 Å². The average Bonchev–Trinajstić information content (AvgIpc) is 2.77. The summed E-state index contributed by atoms with van der Waals surface area (Å²) < 4.78 is 22.6. The molecule has 1 aliphatic heterocycles. The van der Waals surface area contributed by atoms with E-state index in [2.05, 4.69) is 0 Å². The molecule has 5 nitrogen and oxygen atoms in total. The monoisotopic (exact) mass is 300 g/mol. The first-order valence-corrected chi connectivity index (χ1v) is 8.82. The number of sulfonamides is 1. The first-order valence-electron chi connectivity index (χ1n) is 5.88. The second-order valence-electron chi connectivity index (χ2n) is 4.37. The number of anilines is 1. The highest BCUT2D eigenvalue weighted by atomic mass is 32.2. The molecule has 0 atom stereocenters. The fraction of sp³-hybridized carbons (Fsp3) is 0.417. The molecule has 104 valence electrons. The molecule has 0 saturated carbocycles. The fourth-order valence-corrected chi connectivity index (χ4v) is 3.08. The second-order valence-corrected chi connectivity index (χ2v) is 6.92. The molecule has 7 heteroatoms. The topological polar surface area (TPSA) is 80.5 Å². The fourth-order valence-electron chi connectivity index (χ4n) is 2.14. The van der Waals surface area contributed by atoms with Crippen LogP contribution < -0.4 is 10.0 Å². The number of nitrogens with two attached hydrogens (primary N) is 1. The molecule has 1 amide bonds. The van der Waals surface area contributed by atoms with Gasteiger partial charge in [-0.3, -0.25) is 4.79 Å². The van der Waals surface area contributed by atoms with Crippen LogP contribution in [0.2, 0.25) is 0 Å². The number of carbonyl (C=O) groups excluding carboxylic acids is 1. The van der Waals surface area contributed by atoms with Crippen molar-refractivity contribution < 1.29 is 13.2 Å². The SMILES string of the molecule is CSCCC(=O)N1CCc2cc(S(N)(=O)=O)ccc21. The van der Waals surface area contributed by atoms with Gasteiger partial charge in [-0.25, -0.2) is 13.6 Å². The lowest BCUT2D eigenvalue weighted by atomic mass is 10.2. The van der Waals surface area contributed by atoms with Crippen molar-refractivity contribution in [1.29, 1.82) is 0 Å². The lowest BCUT2D eigenvalue weighted by molar-refractivity contribution is -0.118.